The summed E-state index contributed by atoms with van der Waals surface area (Å²) in [6.45, 7) is 1.40. The van der Waals surface area contributed by atoms with E-state index in [0.29, 0.717) is 0 Å². The number of carbonyl (C=O) groups is 3. The summed E-state index contributed by atoms with van der Waals surface area (Å²) in [6.07, 6.45) is 1.04. The van der Waals surface area contributed by atoms with Gasteiger partial charge in [-0.2, -0.15) is 0 Å². The molecule has 0 saturated carbocycles. The van der Waals surface area contributed by atoms with Crippen molar-refractivity contribution in [3.05, 3.63) is 48.0 Å². The summed E-state index contributed by atoms with van der Waals surface area (Å²) >= 11 is 0. The third-order valence-corrected chi connectivity index (χ3v) is 5.81. The van der Waals surface area contributed by atoms with E-state index in [4.69, 9.17) is 0 Å². The number of nitrogens with one attached hydrogen (secondary N) is 2. The minimum absolute atomic E-state index is 0.0188. The average Bonchev–Trinajstić information content (AvgIpc) is 2.93. The summed E-state index contributed by atoms with van der Waals surface area (Å²) in [5, 5.41) is 7.36. The number of amides is 4. The topological polar surface area (TPSA) is 113 Å². The van der Waals surface area contributed by atoms with Crippen LogP contribution in [0.25, 0.3) is 10.8 Å². The first-order valence-electron chi connectivity index (χ1n) is 9.22. The largest absolute Gasteiger partial charge is 0.348 e. The average molecular weight is 417 g/mol. The van der Waals surface area contributed by atoms with Crippen LogP contribution < -0.4 is 10.6 Å². The van der Waals surface area contributed by atoms with Gasteiger partial charge in [-0.3, -0.25) is 14.5 Å². The van der Waals surface area contributed by atoms with Crippen molar-refractivity contribution in [3.63, 3.8) is 0 Å². The Hall–Kier alpha value is -2.94. The van der Waals surface area contributed by atoms with Gasteiger partial charge in [0.1, 0.15) is 22.4 Å². The number of nitrogens with zero attached hydrogens (tertiary/aromatic N) is 1. The van der Waals surface area contributed by atoms with Crippen LogP contribution in [0.5, 0.6) is 0 Å². The molecule has 1 aliphatic heterocycles. The van der Waals surface area contributed by atoms with Crippen LogP contribution in [0.3, 0.4) is 0 Å². The van der Waals surface area contributed by atoms with Crippen molar-refractivity contribution in [3.8, 4) is 0 Å². The molecule has 1 saturated heterocycles. The highest BCUT2D eigenvalue weighted by atomic mass is 32.2. The van der Waals surface area contributed by atoms with E-state index in [9.17, 15) is 22.8 Å². The van der Waals surface area contributed by atoms with Crippen LogP contribution >= 0.6 is 0 Å². The quantitative estimate of drug-likeness (QED) is 0.661. The number of urea groups is 1. The van der Waals surface area contributed by atoms with E-state index in [2.05, 4.69) is 10.6 Å². The summed E-state index contributed by atoms with van der Waals surface area (Å²) in [5.74, 6) is -1.28. The third-order valence-electron chi connectivity index (χ3n) is 4.84. The molecule has 0 bridgehead atoms. The summed E-state index contributed by atoms with van der Waals surface area (Å²) in [6, 6.07) is 11.8. The van der Waals surface area contributed by atoms with Crippen molar-refractivity contribution in [1.29, 1.82) is 0 Å². The number of carbonyl (C=O) groups excluding carboxylic acids is 3. The predicted molar refractivity (Wildman–Crippen MR) is 109 cm³/mol. The van der Waals surface area contributed by atoms with Gasteiger partial charge in [0.25, 0.3) is 5.91 Å². The van der Waals surface area contributed by atoms with Crippen LogP contribution in [-0.4, -0.2) is 55.8 Å². The lowest BCUT2D eigenvalue weighted by molar-refractivity contribution is -0.132. The van der Waals surface area contributed by atoms with E-state index in [1.54, 1.807) is 0 Å². The Bertz CT molecular complexity index is 1070. The lowest BCUT2D eigenvalue weighted by Crippen LogP contribution is -2.41. The van der Waals surface area contributed by atoms with Gasteiger partial charge in [0, 0.05) is 6.26 Å². The van der Waals surface area contributed by atoms with E-state index < -0.39 is 40.3 Å². The summed E-state index contributed by atoms with van der Waals surface area (Å²) in [7, 11) is -3.26. The molecule has 2 aromatic rings. The van der Waals surface area contributed by atoms with Crippen LogP contribution in [0.1, 0.15) is 24.9 Å². The molecule has 3 rings (SSSR count). The van der Waals surface area contributed by atoms with Crippen molar-refractivity contribution >= 4 is 38.5 Å². The van der Waals surface area contributed by atoms with Crippen LogP contribution in [0, 0.1) is 0 Å². The number of benzene rings is 2. The van der Waals surface area contributed by atoms with Gasteiger partial charge in [0.15, 0.2) is 0 Å². The molecule has 0 aliphatic carbocycles. The molecule has 2 aromatic carbocycles. The normalized spacial score (nSPS) is 18.0. The van der Waals surface area contributed by atoms with Crippen LogP contribution in [-0.2, 0) is 19.4 Å². The van der Waals surface area contributed by atoms with Crippen molar-refractivity contribution < 1.29 is 22.8 Å². The van der Waals surface area contributed by atoms with Gasteiger partial charge in [0.2, 0.25) is 5.91 Å². The molecule has 8 nitrogen and oxygen atoms in total. The number of imide groups is 1. The first-order valence-corrected chi connectivity index (χ1v) is 11.3. The molecule has 154 valence electrons. The molecule has 29 heavy (non-hydrogen) atoms. The molecule has 2 N–H and O–H groups in total. The predicted octanol–water partition coefficient (Wildman–Crippen LogP) is 1.37. The van der Waals surface area contributed by atoms with Crippen LogP contribution in [0.15, 0.2) is 42.5 Å². The van der Waals surface area contributed by atoms with Gasteiger partial charge in [-0.25, -0.2) is 13.2 Å². The van der Waals surface area contributed by atoms with Crippen molar-refractivity contribution in [2.45, 2.75) is 25.4 Å². The van der Waals surface area contributed by atoms with E-state index in [1.807, 2.05) is 49.4 Å². The number of hydrogen-bond donors (Lipinski definition) is 2. The Morgan fingerprint density at radius 1 is 1.17 bits per heavy atom. The lowest BCUT2D eigenvalue weighted by Gasteiger charge is -2.18. The minimum Gasteiger partial charge on any atom is -0.348 e. The zero-order valence-electron chi connectivity index (χ0n) is 16.2. The highest BCUT2D eigenvalue weighted by Crippen LogP contribution is 2.20. The van der Waals surface area contributed by atoms with Crippen molar-refractivity contribution in [2.24, 2.45) is 0 Å². The fourth-order valence-corrected chi connectivity index (χ4v) is 3.91. The molecule has 0 spiro atoms. The number of hydrogen-bond acceptors (Lipinski definition) is 5. The highest BCUT2D eigenvalue weighted by molar-refractivity contribution is 7.90. The van der Waals surface area contributed by atoms with E-state index >= 15 is 0 Å². The molecule has 4 amide bonds. The Balaban J connectivity index is 1.60. The highest BCUT2D eigenvalue weighted by Gasteiger charge is 2.39. The summed E-state index contributed by atoms with van der Waals surface area (Å²) in [5.41, 5.74) is 0.903. The zero-order valence-corrected chi connectivity index (χ0v) is 17.0. The van der Waals surface area contributed by atoms with Gasteiger partial charge < -0.3 is 10.6 Å². The van der Waals surface area contributed by atoms with Crippen LogP contribution in [0.2, 0.25) is 0 Å². The monoisotopic (exact) mass is 417 g/mol. The van der Waals surface area contributed by atoms with Crippen molar-refractivity contribution in [2.75, 3.05) is 18.6 Å². The standard InChI is InChI=1S/C20H23N3O5S/c1-13(15-8-7-14-5-3-4-6-16(14)11-15)21-18(24)12-23-19(25)17(22-20(23)26)9-10-29(2,27)28/h3-8,11,13,17H,9-10,12H2,1-2H3,(H,21,24)(H,22,26)/t13-,17-/m0/s1. The number of fused-ring (bicyclic) bond motifs is 1. The van der Waals surface area contributed by atoms with Crippen LogP contribution in [0.4, 0.5) is 4.79 Å². The second-order valence-electron chi connectivity index (χ2n) is 7.24. The summed E-state index contributed by atoms with van der Waals surface area (Å²) in [4.78, 5) is 37.6. The Morgan fingerprint density at radius 3 is 2.55 bits per heavy atom. The Kier molecular flexibility index (Phi) is 5.88. The smallest absolute Gasteiger partial charge is 0.325 e. The molecule has 0 aromatic heterocycles. The maximum absolute atomic E-state index is 12.4. The number of sulfone groups is 1. The molecule has 9 heteroatoms. The molecular weight excluding hydrogens is 394 g/mol. The first-order chi connectivity index (χ1) is 13.6. The molecular formula is C20H23N3O5S. The third kappa shape index (κ3) is 5.11. The summed E-state index contributed by atoms with van der Waals surface area (Å²) < 4.78 is 22.5. The van der Waals surface area contributed by atoms with E-state index in [0.717, 1.165) is 27.5 Å². The second kappa shape index (κ2) is 8.20. The SMILES string of the molecule is C[C@H](NC(=O)CN1C(=O)N[C@@H](CCS(C)(=O)=O)C1=O)c1ccc2ccccc2c1. The molecule has 1 fully saturated rings. The van der Waals surface area contributed by atoms with E-state index in [1.165, 1.54) is 0 Å². The maximum atomic E-state index is 12.4. The maximum Gasteiger partial charge on any atom is 0.325 e. The Labute approximate surface area is 169 Å². The van der Waals surface area contributed by atoms with Gasteiger partial charge in [-0.15, -0.1) is 0 Å². The lowest BCUT2D eigenvalue weighted by atomic mass is 10.0. The van der Waals surface area contributed by atoms with Gasteiger partial charge >= 0.3 is 6.03 Å². The molecule has 1 aliphatic rings. The molecule has 0 unspecified atom stereocenters. The fraction of sp³-hybridized carbons (Fsp3) is 0.350. The first kappa shape index (κ1) is 20.8. The molecule has 1 heterocycles. The van der Waals surface area contributed by atoms with Gasteiger partial charge in [-0.1, -0.05) is 36.4 Å². The van der Waals surface area contributed by atoms with Crippen molar-refractivity contribution in [1.82, 2.24) is 15.5 Å². The second-order valence-corrected chi connectivity index (χ2v) is 9.50. The van der Waals surface area contributed by atoms with Gasteiger partial charge in [0.05, 0.1) is 11.8 Å². The Morgan fingerprint density at radius 2 is 1.86 bits per heavy atom. The van der Waals surface area contributed by atoms with E-state index in [-0.39, 0.29) is 18.2 Å². The molecule has 2 atom stereocenters. The zero-order chi connectivity index (χ0) is 21.2. The number of rotatable bonds is 7. The fourth-order valence-electron chi connectivity index (χ4n) is 3.25. The van der Waals surface area contributed by atoms with Gasteiger partial charge in [-0.05, 0) is 35.7 Å². The molecule has 0 radical (unpaired) electrons. The minimum atomic E-state index is -3.26.